The molecule has 110 valence electrons. The van der Waals surface area contributed by atoms with Gasteiger partial charge < -0.3 is 9.64 Å². The zero-order valence-corrected chi connectivity index (χ0v) is 12.6. The number of carbonyl (C=O) groups excluding carboxylic acids is 2. The van der Waals surface area contributed by atoms with Gasteiger partial charge in [0.2, 0.25) is 0 Å². The first-order valence-electron chi connectivity index (χ1n) is 6.04. The molecule has 0 unspecified atom stereocenters. The third-order valence-electron chi connectivity index (χ3n) is 3.23. The van der Waals surface area contributed by atoms with Gasteiger partial charge in [0.05, 0.1) is 17.1 Å². The summed E-state index contributed by atoms with van der Waals surface area (Å²) in [5.74, 6) is -0.861. The van der Waals surface area contributed by atoms with Gasteiger partial charge in [0.15, 0.2) is 16.4 Å². The summed E-state index contributed by atoms with van der Waals surface area (Å²) in [6, 6.07) is 1.29. The van der Waals surface area contributed by atoms with Crippen molar-refractivity contribution in [3.8, 4) is 0 Å². The van der Waals surface area contributed by atoms with E-state index in [1.165, 1.54) is 23.3 Å². The molecule has 8 heteroatoms. The van der Waals surface area contributed by atoms with Gasteiger partial charge in [-0.2, -0.15) is 11.3 Å². The Morgan fingerprint density at radius 3 is 2.80 bits per heavy atom. The molecule has 0 saturated carbocycles. The summed E-state index contributed by atoms with van der Waals surface area (Å²) in [7, 11) is -1.51. The highest BCUT2D eigenvalue weighted by Gasteiger charge is 2.32. The van der Waals surface area contributed by atoms with E-state index in [1.54, 1.807) is 16.8 Å². The van der Waals surface area contributed by atoms with Crippen LogP contribution in [-0.2, 0) is 19.4 Å². The second kappa shape index (κ2) is 5.92. The average Bonchev–Trinajstić information content (AvgIpc) is 3.03. The number of hydrogen-bond acceptors (Lipinski definition) is 6. The highest BCUT2D eigenvalue weighted by Crippen LogP contribution is 2.16. The highest BCUT2D eigenvalue weighted by atomic mass is 32.2. The fraction of sp³-hybridized carbons (Fsp3) is 0.500. The van der Waals surface area contributed by atoms with Crippen molar-refractivity contribution in [2.24, 2.45) is 0 Å². The van der Waals surface area contributed by atoms with Crippen molar-refractivity contribution in [3.63, 3.8) is 0 Å². The molecule has 1 fully saturated rings. The van der Waals surface area contributed by atoms with E-state index in [0.29, 0.717) is 12.0 Å². The first-order chi connectivity index (χ1) is 9.39. The summed E-state index contributed by atoms with van der Waals surface area (Å²) in [5.41, 5.74) is 0.411. The number of amides is 1. The van der Waals surface area contributed by atoms with Gasteiger partial charge in [-0.25, -0.2) is 13.2 Å². The molecule has 1 aromatic rings. The molecular weight excluding hydrogens is 302 g/mol. The van der Waals surface area contributed by atoms with Crippen LogP contribution in [0.3, 0.4) is 0 Å². The minimum Gasteiger partial charge on any atom is -0.452 e. The van der Waals surface area contributed by atoms with Crippen molar-refractivity contribution in [1.29, 1.82) is 0 Å². The zero-order valence-electron chi connectivity index (χ0n) is 10.9. The monoisotopic (exact) mass is 317 g/mol. The van der Waals surface area contributed by atoms with Crippen molar-refractivity contribution in [2.75, 3.05) is 25.2 Å². The molecule has 1 saturated heterocycles. The number of nitrogens with zero attached hydrogens (tertiary/aromatic N) is 1. The molecule has 0 spiro atoms. The number of likely N-dealkylation sites (N-methyl/N-ethyl adjacent to an activating group) is 1. The van der Waals surface area contributed by atoms with E-state index in [4.69, 9.17) is 4.74 Å². The molecule has 0 N–H and O–H groups in total. The molecule has 1 amide bonds. The lowest BCUT2D eigenvalue weighted by molar-refractivity contribution is -0.134. The van der Waals surface area contributed by atoms with Crippen LogP contribution in [0.15, 0.2) is 16.8 Å². The normalized spacial score (nSPS) is 20.6. The van der Waals surface area contributed by atoms with Gasteiger partial charge in [-0.1, -0.05) is 0 Å². The van der Waals surface area contributed by atoms with Crippen LogP contribution in [0, 0.1) is 0 Å². The van der Waals surface area contributed by atoms with Gasteiger partial charge >= 0.3 is 5.97 Å². The fourth-order valence-corrected chi connectivity index (χ4v) is 4.38. The molecule has 0 radical (unpaired) electrons. The van der Waals surface area contributed by atoms with Crippen molar-refractivity contribution >= 4 is 33.1 Å². The molecule has 2 heterocycles. The van der Waals surface area contributed by atoms with Crippen molar-refractivity contribution < 1.29 is 22.7 Å². The third-order valence-corrected chi connectivity index (χ3v) is 5.67. The van der Waals surface area contributed by atoms with Crippen LogP contribution >= 0.6 is 11.3 Å². The smallest absolute Gasteiger partial charge is 0.339 e. The maximum absolute atomic E-state index is 11.9. The molecule has 2 rings (SSSR count). The molecule has 1 aromatic heterocycles. The maximum atomic E-state index is 11.9. The maximum Gasteiger partial charge on any atom is 0.339 e. The third kappa shape index (κ3) is 3.57. The van der Waals surface area contributed by atoms with Crippen molar-refractivity contribution in [3.05, 3.63) is 22.4 Å². The van der Waals surface area contributed by atoms with Crippen LogP contribution in [-0.4, -0.2) is 56.4 Å². The zero-order chi connectivity index (χ0) is 14.8. The second-order valence-corrected chi connectivity index (χ2v) is 7.66. The van der Waals surface area contributed by atoms with Crippen LogP contribution in [0.5, 0.6) is 0 Å². The predicted octanol–water partition coefficient (Wildman–Crippen LogP) is 0.550. The minimum atomic E-state index is -3.04. The standard InChI is InChI=1S/C12H15NO5S2/c1-13(10-3-5-20(16,17)8-10)11(14)6-18-12(15)9-2-4-19-7-9/h2,4,7,10H,3,5-6,8H2,1H3/t10-/m0/s1. The van der Waals surface area contributed by atoms with Crippen LogP contribution in [0.1, 0.15) is 16.8 Å². The molecule has 0 aromatic carbocycles. The lowest BCUT2D eigenvalue weighted by atomic mass is 10.2. The Kier molecular flexibility index (Phi) is 4.44. The predicted molar refractivity (Wildman–Crippen MR) is 74.4 cm³/mol. The number of rotatable bonds is 4. The molecule has 1 atom stereocenters. The van der Waals surface area contributed by atoms with Crippen molar-refractivity contribution in [1.82, 2.24) is 4.90 Å². The summed E-state index contributed by atoms with van der Waals surface area (Å²) in [4.78, 5) is 24.8. The minimum absolute atomic E-state index is 0.0201. The lowest BCUT2D eigenvalue weighted by Gasteiger charge is -2.23. The Bertz CT molecular complexity index is 593. The van der Waals surface area contributed by atoms with E-state index in [-0.39, 0.29) is 24.2 Å². The molecule has 1 aliphatic rings. The van der Waals surface area contributed by atoms with Crippen LogP contribution in [0.2, 0.25) is 0 Å². The van der Waals surface area contributed by atoms with E-state index in [9.17, 15) is 18.0 Å². The first kappa shape index (κ1) is 15.0. The average molecular weight is 317 g/mol. The van der Waals surface area contributed by atoms with Gasteiger partial charge in [-0.05, 0) is 17.9 Å². The molecule has 0 aliphatic carbocycles. The van der Waals surface area contributed by atoms with E-state index in [2.05, 4.69) is 0 Å². The topological polar surface area (TPSA) is 80.8 Å². The second-order valence-electron chi connectivity index (χ2n) is 4.65. The number of ether oxygens (including phenoxy) is 1. The van der Waals surface area contributed by atoms with Gasteiger partial charge in [-0.15, -0.1) is 0 Å². The summed E-state index contributed by atoms with van der Waals surface area (Å²) in [5, 5.41) is 3.38. The van der Waals surface area contributed by atoms with Crippen LogP contribution in [0.25, 0.3) is 0 Å². The molecule has 20 heavy (non-hydrogen) atoms. The Morgan fingerprint density at radius 2 is 2.25 bits per heavy atom. The fourth-order valence-electron chi connectivity index (χ4n) is 1.98. The van der Waals surface area contributed by atoms with Gasteiger partial charge in [0.25, 0.3) is 5.91 Å². The number of carbonyl (C=O) groups is 2. The number of hydrogen-bond donors (Lipinski definition) is 0. The van der Waals surface area contributed by atoms with E-state index in [0.717, 1.165) is 0 Å². The summed E-state index contributed by atoms with van der Waals surface area (Å²) < 4.78 is 27.6. The highest BCUT2D eigenvalue weighted by molar-refractivity contribution is 7.91. The van der Waals surface area contributed by atoms with E-state index >= 15 is 0 Å². The van der Waals surface area contributed by atoms with Crippen molar-refractivity contribution in [2.45, 2.75) is 12.5 Å². The Hall–Kier alpha value is -1.41. The van der Waals surface area contributed by atoms with Crippen LogP contribution in [0.4, 0.5) is 0 Å². The number of esters is 1. The quantitative estimate of drug-likeness (QED) is 0.758. The summed E-state index contributed by atoms with van der Waals surface area (Å²) in [6.07, 6.45) is 0.434. The lowest BCUT2D eigenvalue weighted by Crippen LogP contribution is -2.40. The van der Waals surface area contributed by atoms with E-state index in [1.807, 2.05) is 0 Å². The number of thiophene rings is 1. The van der Waals surface area contributed by atoms with Crippen LogP contribution < -0.4 is 0 Å². The van der Waals surface area contributed by atoms with Gasteiger partial charge in [0, 0.05) is 18.5 Å². The molecule has 6 nitrogen and oxygen atoms in total. The summed E-state index contributed by atoms with van der Waals surface area (Å²) >= 11 is 1.37. The van der Waals surface area contributed by atoms with E-state index < -0.39 is 21.7 Å². The Morgan fingerprint density at radius 1 is 1.50 bits per heavy atom. The molecule has 0 bridgehead atoms. The van der Waals surface area contributed by atoms with Gasteiger partial charge in [-0.3, -0.25) is 4.79 Å². The summed E-state index contributed by atoms with van der Waals surface area (Å²) in [6.45, 7) is -0.373. The number of sulfone groups is 1. The largest absolute Gasteiger partial charge is 0.452 e. The molecule has 1 aliphatic heterocycles. The Labute approximate surface area is 121 Å². The van der Waals surface area contributed by atoms with Gasteiger partial charge in [0.1, 0.15) is 0 Å². The first-order valence-corrected chi connectivity index (χ1v) is 8.81. The Balaban J connectivity index is 1.84. The molecular formula is C12H15NO5S2. The SMILES string of the molecule is CN(C(=O)COC(=O)c1ccsc1)[C@H]1CCS(=O)(=O)C1.